The van der Waals surface area contributed by atoms with E-state index in [4.69, 9.17) is 4.74 Å². The number of rotatable bonds is 4. The number of benzene rings is 2. The van der Waals surface area contributed by atoms with Gasteiger partial charge in [-0.25, -0.2) is 4.79 Å². The number of amides is 1. The molecule has 0 spiro atoms. The summed E-state index contributed by atoms with van der Waals surface area (Å²) in [6.45, 7) is 2.07. The van der Waals surface area contributed by atoms with E-state index in [1.807, 2.05) is 54.6 Å². The molecule has 26 heavy (non-hydrogen) atoms. The van der Waals surface area contributed by atoms with Crippen LogP contribution in [0.2, 0.25) is 0 Å². The van der Waals surface area contributed by atoms with Crippen molar-refractivity contribution in [3.05, 3.63) is 70.6 Å². The fourth-order valence-electron chi connectivity index (χ4n) is 3.54. The van der Waals surface area contributed by atoms with Crippen molar-refractivity contribution in [3.63, 3.8) is 0 Å². The number of hydrogen-bond acceptors (Lipinski definition) is 4. The van der Waals surface area contributed by atoms with Crippen molar-refractivity contribution in [3.8, 4) is 0 Å². The van der Waals surface area contributed by atoms with Crippen LogP contribution in [0.4, 0.5) is 0 Å². The lowest BCUT2D eigenvalue weighted by Crippen LogP contribution is -2.56. The van der Waals surface area contributed by atoms with Crippen molar-refractivity contribution in [2.75, 3.05) is 6.61 Å². The van der Waals surface area contributed by atoms with Crippen LogP contribution in [0.3, 0.4) is 0 Å². The summed E-state index contributed by atoms with van der Waals surface area (Å²) in [6, 6.07) is 17.7. The third-order valence-electron chi connectivity index (χ3n) is 4.77. The van der Waals surface area contributed by atoms with Crippen LogP contribution in [-0.4, -0.2) is 24.0 Å². The van der Waals surface area contributed by atoms with Gasteiger partial charge in [0.1, 0.15) is 5.54 Å². The average molecular weight is 365 g/mol. The Morgan fingerprint density at radius 3 is 2.38 bits per heavy atom. The molecule has 5 heteroatoms. The van der Waals surface area contributed by atoms with E-state index in [1.165, 1.54) is 11.3 Å². The maximum Gasteiger partial charge on any atom is 0.332 e. The third kappa shape index (κ3) is 2.88. The molecule has 132 valence electrons. The standard InChI is InChI=1S/C21H19NO3S/c1-2-25-20(24)21(12-15-8-3-4-9-16(15)13-21)22-19(23)18-11-14-7-5-6-10-17(14)26-18/h3-11H,2,12-13H2,1H3,(H,22,23). The summed E-state index contributed by atoms with van der Waals surface area (Å²) >= 11 is 1.43. The Morgan fingerprint density at radius 2 is 1.73 bits per heavy atom. The SMILES string of the molecule is CCOC(=O)C1(NC(=O)c2cc3ccccc3s2)Cc2ccccc2C1. The van der Waals surface area contributed by atoms with Gasteiger partial charge in [-0.15, -0.1) is 11.3 Å². The van der Waals surface area contributed by atoms with Gasteiger partial charge in [-0.3, -0.25) is 4.79 Å². The smallest absolute Gasteiger partial charge is 0.332 e. The number of esters is 1. The lowest BCUT2D eigenvalue weighted by Gasteiger charge is -2.27. The lowest BCUT2D eigenvalue weighted by molar-refractivity contribution is -0.150. The number of ether oxygens (including phenoxy) is 1. The van der Waals surface area contributed by atoms with Crippen LogP contribution in [0.1, 0.15) is 27.7 Å². The number of nitrogens with one attached hydrogen (secondary N) is 1. The first-order chi connectivity index (χ1) is 12.6. The van der Waals surface area contributed by atoms with Gasteiger partial charge >= 0.3 is 5.97 Å². The first-order valence-corrected chi connectivity index (χ1v) is 9.48. The summed E-state index contributed by atoms with van der Waals surface area (Å²) in [5, 5.41) is 4.03. The lowest BCUT2D eigenvalue weighted by atomic mass is 9.95. The number of thiophene rings is 1. The molecule has 0 saturated heterocycles. The predicted octanol–water partition coefficient (Wildman–Crippen LogP) is 3.73. The molecule has 1 aromatic heterocycles. The second kappa shape index (κ2) is 6.57. The molecule has 1 heterocycles. The highest BCUT2D eigenvalue weighted by Crippen LogP contribution is 2.32. The summed E-state index contributed by atoms with van der Waals surface area (Å²) in [7, 11) is 0. The van der Waals surface area contributed by atoms with Gasteiger partial charge in [0.05, 0.1) is 11.5 Å². The molecular formula is C21H19NO3S. The molecule has 0 saturated carbocycles. The fraction of sp³-hybridized carbons (Fsp3) is 0.238. The average Bonchev–Trinajstić information content (AvgIpc) is 3.23. The fourth-order valence-corrected chi connectivity index (χ4v) is 4.50. The van der Waals surface area contributed by atoms with E-state index in [1.54, 1.807) is 6.92 Å². The van der Waals surface area contributed by atoms with Gasteiger partial charge in [0.2, 0.25) is 0 Å². The zero-order chi connectivity index (χ0) is 18.1. The topological polar surface area (TPSA) is 55.4 Å². The Morgan fingerprint density at radius 1 is 1.08 bits per heavy atom. The molecule has 0 unspecified atom stereocenters. The molecule has 1 amide bonds. The third-order valence-corrected chi connectivity index (χ3v) is 5.89. The van der Waals surface area contributed by atoms with Gasteiger partial charge in [0.15, 0.2) is 0 Å². The molecule has 0 aliphatic heterocycles. The van der Waals surface area contributed by atoms with E-state index in [-0.39, 0.29) is 18.5 Å². The molecular weight excluding hydrogens is 346 g/mol. The number of carbonyl (C=O) groups excluding carboxylic acids is 2. The molecule has 0 atom stereocenters. The Kier molecular flexibility index (Phi) is 4.24. The summed E-state index contributed by atoms with van der Waals surface area (Å²) in [5.74, 6) is -0.599. The quantitative estimate of drug-likeness (QED) is 0.717. The van der Waals surface area contributed by atoms with E-state index in [9.17, 15) is 9.59 Å². The van der Waals surface area contributed by atoms with Gasteiger partial charge in [-0.05, 0) is 35.6 Å². The van der Waals surface area contributed by atoms with Gasteiger partial charge in [-0.1, -0.05) is 42.5 Å². The maximum atomic E-state index is 12.9. The highest BCUT2D eigenvalue weighted by Gasteiger charge is 2.46. The molecule has 0 fully saturated rings. The normalized spacial score (nSPS) is 14.8. The minimum absolute atomic E-state index is 0.230. The van der Waals surface area contributed by atoms with Crippen molar-refractivity contribution in [1.82, 2.24) is 5.32 Å². The zero-order valence-corrected chi connectivity index (χ0v) is 15.3. The highest BCUT2D eigenvalue weighted by atomic mass is 32.1. The second-order valence-electron chi connectivity index (χ2n) is 6.53. The van der Waals surface area contributed by atoms with E-state index >= 15 is 0 Å². The van der Waals surface area contributed by atoms with Gasteiger partial charge in [0.25, 0.3) is 5.91 Å². The largest absolute Gasteiger partial charge is 0.464 e. The molecule has 1 aliphatic rings. The summed E-state index contributed by atoms with van der Waals surface area (Å²) in [4.78, 5) is 26.3. The van der Waals surface area contributed by atoms with Crippen LogP contribution in [0.5, 0.6) is 0 Å². The first-order valence-electron chi connectivity index (χ1n) is 8.66. The van der Waals surface area contributed by atoms with Gasteiger partial charge in [-0.2, -0.15) is 0 Å². The number of carbonyl (C=O) groups is 2. The minimum atomic E-state index is -1.03. The summed E-state index contributed by atoms with van der Waals surface area (Å²) in [5.41, 5.74) is 1.13. The number of hydrogen-bond donors (Lipinski definition) is 1. The van der Waals surface area contributed by atoms with Gasteiger partial charge in [0, 0.05) is 17.5 Å². The van der Waals surface area contributed by atoms with Gasteiger partial charge < -0.3 is 10.1 Å². The van der Waals surface area contributed by atoms with E-state index in [0.717, 1.165) is 21.2 Å². The molecule has 0 bridgehead atoms. The van der Waals surface area contributed by atoms with Crippen molar-refractivity contribution >= 4 is 33.3 Å². The summed E-state index contributed by atoms with van der Waals surface area (Å²) in [6.07, 6.45) is 0.914. The maximum absolute atomic E-state index is 12.9. The molecule has 1 N–H and O–H groups in total. The predicted molar refractivity (Wildman–Crippen MR) is 103 cm³/mol. The van der Waals surface area contributed by atoms with Crippen molar-refractivity contribution in [2.24, 2.45) is 0 Å². The van der Waals surface area contributed by atoms with Crippen molar-refractivity contribution < 1.29 is 14.3 Å². The first kappa shape index (κ1) is 16.8. The van der Waals surface area contributed by atoms with Crippen LogP contribution in [0.15, 0.2) is 54.6 Å². The molecule has 4 nitrogen and oxygen atoms in total. The van der Waals surface area contributed by atoms with E-state index < -0.39 is 5.54 Å². The Balaban J connectivity index is 1.65. The molecule has 0 radical (unpaired) electrons. The van der Waals surface area contributed by atoms with Crippen LogP contribution in [0, 0.1) is 0 Å². The highest BCUT2D eigenvalue weighted by molar-refractivity contribution is 7.20. The number of fused-ring (bicyclic) bond motifs is 2. The molecule has 4 rings (SSSR count). The van der Waals surface area contributed by atoms with Crippen LogP contribution in [0.25, 0.3) is 10.1 Å². The van der Waals surface area contributed by atoms with Crippen LogP contribution < -0.4 is 5.32 Å². The van der Waals surface area contributed by atoms with E-state index in [0.29, 0.717) is 17.7 Å². The van der Waals surface area contributed by atoms with Crippen molar-refractivity contribution in [1.29, 1.82) is 0 Å². The Labute approximate surface area is 155 Å². The summed E-state index contributed by atoms with van der Waals surface area (Å²) < 4.78 is 6.36. The second-order valence-corrected chi connectivity index (χ2v) is 7.61. The van der Waals surface area contributed by atoms with Crippen LogP contribution in [-0.2, 0) is 22.4 Å². The van der Waals surface area contributed by atoms with Crippen molar-refractivity contribution in [2.45, 2.75) is 25.3 Å². The monoisotopic (exact) mass is 365 g/mol. The minimum Gasteiger partial charge on any atom is -0.464 e. The van der Waals surface area contributed by atoms with Crippen LogP contribution >= 0.6 is 11.3 Å². The molecule has 2 aromatic carbocycles. The zero-order valence-electron chi connectivity index (χ0n) is 14.5. The van der Waals surface area contributed by atoms with E-state index in [2.05, 4.69) is 5.32 Å². The molecule has 3 aromatic rings. The molecule has 1 aliphatic carbocycles. The Bertz CT molecular complexity index is 934. The Hall–Kier alpha value is -2.66.